The summed E-state index contributed by atoms with van der Waals surface area (Å²) in [7, 11) is 0. The molecule has 0 unspecified atom stereocenters. The molecular weight excluding hydrogens is 414 g/mol. The second-order valence-corrected chi connectivity index (χ2v) is 8.28. The lowest BCUT2D eigenvalue weighted by atomic mass is 9.69. The molecule has 160 valence electrons. The number of carbonyl (C=O) groups is 1. The lowest BCUT2D eigenvalue weighted by molar-refractivity contribution is -0.121. The number of rotatable bonds is 2. The maximum atomic E-state index is 14.4. The van der Waals surface area contributed by atoms with Gasteiger partial charge >= 0.3 is 0 Å². The molecule has 1 spiro atoms. The molecule has 1 amide bonds. The summed E-state index contributed by atoms with van der Waals surface area (Å²) >= 11 is 0. The van der Waals surface area contributed by atoms with Crippen LogP contribution >= 0.6 is 0 Å². The van der Waals surface area contributed by atoms with Crippen LogP contribution in [0.15, 0.2) is 78.2 Å². The summed E-state index contributed by atoms with van der Waals surface area (Å²) in [6.07, 6.45) is 0. The van der Waals surface area contributed by atoms with E-state index in [0.717, 1.165) is 22.0 Å². The predicted molar refractivity (Wildman–Crippen MR) is 123 cm³/mol. The van der Waals surface area contributed by atoms with Gasteiger partial charge in [-0.2, -0.15) is 5.26 Å². The first-order valence-electron chi connectivity index (χ1n) is 10.6. The second kappa shape index (κ2) is 6.71. The Labute approximate surface area is 189 Å². The van der Waals surface area contributed by atoms with Gasteiger partial charge in [-0.3, -0.25) is 9.89 Å². The van der Waals surface area contributed by atoms with Crippen LogP contribution in [0.25, 0.3) is 10.8 Å². The molecule has 3 N–H and O–H groups in total. The van der Waals surface area contributed by atoms with Crippen molar-refractivity contribution in [3.63, 3.8) is 0 Å². The van der Waals surface area contributed by atoms with Crippen LogP contribution in [0.3, 0.4) is 0 Å². The second-order valence-electron chi connectivity index (χ2n) is 8.28. The van der Waals surface area contributed by atoms with Crippen molar-refractivity contribution in [2.45, 2.75) is 18.9 Å². The van der Waals surface area contributed by atoms with Crippen LogP contribution in [0, 0.1) is 18.3 Å². The first kappa shape index (κ1) is 19.1. The number of hydrogen-bond donors (Lipinski definition) is 2. The summed E-state index contributed by atoms with van der Waals surface area (Å²) in [5.41, 5.74) is 8.48. The van der Waals surface area contributed by atoms with Crippen LogP contribution in [0.2, 0.25) is 0 Å². The van der Waals surface area contributed by atoms with Crippen molar-refractivity contribution in [1.29, 1.82) is 5.26 Å². The van der Waals surface area contributed by atoms with E-state index in [-0.39, 0.29) is 23.2 Å². The van der Waals surface area contributed by atoms with E-state index in [1.807, 2.05) is 55.5 Å². The predicted octanol–water partition coefficient (Wildman–Crippen LogP) is 3.79. The van der Waals surface area contributed by atoms with E-state index in [0.29, 0.717) is 23.4 Å². The molecule has 0 bridgehead atoms. The summed E-state index contributed by atoms with van der Waals surface area (Å²) in [6.45, 7) is 2.17. The highest BCUT2D eigenvalue weighted by Crippen LogP contribution is 2.55. The highest BCUT2D eigenvalue weighted by Gasteiger charge is 2.60. The van der Waals surface area contributed by atoms with E-state index in [9.17, 15) is 10.1 Å². The molecule has 2 aliphatic heterocycles. The average molecular weight is 433 g/mol. The van der Waals surface area contributed by atoms with Gasteiger partial charge < -0.3 is 15.4 Å². The van der Waals surface area contributed by atoms with Crippen molar-refractivity contribution in [2.75, 3.05) is 4.90 Å². The van der Waals surface area contributed by atoms with Gasteiger partial charge in [0.05, 0.1) is 12.1 Å². The van der Waals surface area contributed by atoms with E-state index >= 15 is 0 Å². The molecule has 7 nitrogen and oxygen atoms in total. The normalized spacial score (nSPS) is 18.9. The molecule has 1 aromatic heterocycles. The molecule has 6 rings (SSSR count). The largest absolute Gasteiger partial charge is 0.420 e. The van der Waals surface area contributed by atoms with Crippen molar-refractivity contribution in [3.05, 3.63) is 101 Å². The lowest BCUT2D eigenvalue weighted by Crippen LogP contribution is -2.45. The molecule has 7 heteroatoms. The number of carbonyl (C=O) groups excluding carboxylic acids is 1. The van der Waals surface area contributed by atoms with Gasteiger partial charge in [0.2, 0.25) is 17.7 Å². The smallest absolute Gasteiger partial charge is 0.248 e. The third-order valence-corrected chi connectivity index (χ3v) is 6.60. The number of aromatic nitrogens is 2. The SMILES string of the molecule is Cc1[nH]nc2c1[C@]1(C(=O)N(Cc3cccc4ccccc34)c3ccccc31)C(C#N)=C(N)O2. The Kier molecular flexibility index (Phi) is 3.89. The van der Waals surface area contributed by atoms with Gasteiger partial charge in [0.1, 0.15) is 17.1 Å². The van der Waals surface area contributed by atoms with Crippen molar-refractivity contribution in [2.24, 2.45) is 5.73 Å². The number of nitrogens with two attached hydrogens (primary N) is 1. The number of nitrogens with zero attached hydrogens (tertiary/aromatic N) is 3. The standard InChI is InChI=1S/C26H19N5O2/c1-15-22-24(30-29-15)33-23(28)20(13-27)26(22)19-11-4-5-12-21(19)31(25(26)32)14-17-9-6-8-16-7-2-3-10-18(16)17/h2-12H,14,28H2,1H3,(H,29,30)/t26-/m1/s1. The Bertz CT molecular complexity index is 1540. The molecule has 4 aromatic rings. The zero-order valence-corrected chi connectivity index (χ0v) is 17.8. The minimum atomic E-state index is -1.41. The monoisotopic (exact) mass is 433 g/mol. The van der Waals surface area contributed by atoms with Crippen LogP contribution in [-0.2, 0) is 16.8 Å². The topological polar surface area (TPSA) is 108 Å². The fourth-order valence-corrected chi connectivity index (χ4v) is 5.22. The fraction of sp³-hybridized carbons (Fsp3) is 0.115. The van der Waals surface area contributed by atoms with Gasteiger partial charge in [-0.1, -0.05) is 60.7 Å². The third kappa shape index (κ3) is 2.37. The van der Waals surface area contributed by atoms with Gasteiger partial charge in [-0.15, -0.1) is 5.10 Å². The quantitative estimate of drug-likeness (QED) is 0.500. The Hall–Kier alpha value is -4.57. The third-order valence-electron chi connectivity index (χ3n) is 6.60. The number of anilines is 1. The number of aromatic amines is 1. The highest BCUT2D eigenvalue weighted by atomic mass is 16.5. The number of aryl methyl sites for hydroxylation is 1. The number of nitriles is 1. The summed E-state index contributed by atoms with van der Waals surface area (Å²) in [5.74, 6) is -0.129. The van der Waals surface area contributed by atoms with Gasteiger partial charge in [0.15, 0.2) is 0 Å². The zero-order chi connectivity index (χ0) is 22.7. The molecule has 0 saturated carbocycles. The molecule has 3 heterocycles. The number of para-hydroxylation sites is 1. The highest BCUT2D eigenvalue weighted by molar-refractivity contribution is 6.14. The van der Waals surface area contributed by atoms with E-state index in [1.165, 1.54) is 0 Å². The number of hydrogen-bond acceptors (Lipinski definition) is 5. The molecular formula is C26H19N5O2. The maximum Gasteiger partial charge on any atom is 0.248 e. The van der Waals surface area contributed by atoms with Gasteiger partial charge in [0.25, 0.3) is 0 Å². The lowest BCUT2D eigenvalue weighted by Gasteiger charge is -2.32. The molecule has 0 aliphatic carbocycles. The van der Waals surface area contributed by atoms with E-state index < -0.39 is 5.41 Å². The van der Waals surface area contributed by atoms with Gasteiger partial charge in [0, 0.05) is 16.9 Å². The molecule has 33 heavy (non-hydrogen) atoms. The first-order chi connectivity index (χ1) is 16.1. The number of benzene rings is 3. The molecule has 0 radical (unpaired) electrons. The van der Waals surface area contributed by atoms with E-state index in [4.69, 9.17) is 10.5 Å². The molecule has 3 aromatic carbocycles. The molecule has 2 aliphatic rings. The Morgan fingerprint density at radius 1 is 1.12 bits per heavy atom. The number of ether oxygens (including phenoxy) is 1. The first-order valence-corrected chi connectivity index (χ1v) is 10.6. The number of fused-ring (bicyclic) bond motifs is 5. The number of H-pyrrole nitrogens is 1. The van der Waals surface area contributed by atoms with Gasteiger partial charge in [-0.05, 0) is 29.3 Å². The Balaban J connectivity index is 1.61. The van der Waals surface area contributed by atoms with Crippen molar-refractivity contribution >= 4 is 22.4 Å². The van der Waals surface area contributed by atoms with Crippen molar-refractivity contribution in [1.82, 2.24) is 10.2 Å². The van der Waals surface area contributed by atoms with Crippen LogP contribution in [0.5, 0.6) is 5.88 Å². The molecule has 0 saturated heterocycles. The molecule has 1 atom stereocenters. The Morgan fingerprint density at radius 2 is 1.88 bits per heavy atom. The summed E-state index contributed by atoms with van der Waals surface area (Å²) in [5, 5.41) is 19.4. The summed E-state index contributed by atoms with van der Waals surface area (Å²) < 4.78 is 5.64. The number of nitrogens with one attached hydrogen (secondary N) is 1. The van der Waals surface area contributed by atoms with Crippen LogP contribution < -0.4 is 15.4 Å². The number of amides is 1. The zero-order valence-electron chi connectivity index (χ0n) is 17.8. The minimum absolute atomic E-state index is 0.0809. The maximum absolute atomic E-state index is 14.4. The van der Waals surface area contributed by atoms with Crippen LogP contribution in [-0.4, -0.2) is 16.1 Å². The van der Waals surface area contributed by atoms with Crippen molar-refractivity contribution in [3.8, 4) is 11.9 Å². The van der Waals surface area contributed by atoms with E-state index in [2.05, 4.69) is 34.5 Å². The average Bonchev–Trinajstić information content (AvgIpc) is 3.31. The van der Waals surface area contributed by atoms with Crippen LogP contribution in [0.1, 0.15) is 22.4 Å². The van der Waals surface area contributed by atoms with Gasteiger partial charge in [-0.25, -0.2) is 0 Å². The minimum Gasteiger partial charge on any atom is -0.420 e. The Morgan fingerprint density at radius 3 is 2.73 bits per heavy atom. The van der Waals surface area contributed by atoms with Crippen molar-refractivity contribution < 1.29 is 9.53 Å². The van der Waals surface area contributed by atoms with Crippen LogP contribution in [0.4, 0.5) is 5.69 Å². The van der Waals surface area contributed by atoms with E-state index in [1.54, 1.807) is 4.90 Å². The summed E-state index contributed by atoms with van der Waals surface area (Å²) in [4.78, 5) is 16.1. The fourth-order valence-electron chi connectivity index (χ4n) is 5.22. The molecule has 0 fully saturated rings. The summed E-state index contributed by atoms with van der Waals surface area (Å²) in [6, 6.07) is 23.9.